The van der Waals surface area contributed by atoms with E-state index in [2.05, 4.69) is 90.9 Å². The highest BCUT2D eigenvalue weighted by atomic mass is 35.5. The summed E-state index contributed by atoms with van der Waals surface area (Å²) in [4.78, 5) is 44.0. The number of carbonyl (C=O) groups excluding carboxylic acids is 2. The van der Waals surface area contributed by atoms with Crippen LogP contribution in [0.15, 0.2) is 60.9 Å². The number of halogens is 2. The molecule has 4 rings (SSSR count). The van der Waals surface area contributed by atoms with Crippen LogP contribution in [0, 0.1) is 46.3 Å². The average molecular weight is 960 g/mol. The van der Waals surface area contributed by atoms with Crippen molar-refractivity contribution in [1.29, 1.82) is 10.5 Å². The number of imide groups is 1. The first-order chi connectivity index (χ1) is 30.6. The molecule has 0 atom stereocenters. The van der Waals surface area contributed by atoms with Crippen LogP contribution in [0.4, 0.5) is 44.5 Å². The molecule has 8 N–H and O–H groups in total. The lowest BCUT2D eigenvalue weighted by atomic mass is 10.2. The van der Waals surface area contributed by atoms with Crippen LogP contribution in [-0.4, -0.2) is 79.9 Å². The molecule has 19 heteroatoms. The molecule has 4 aromatic rings. The molecule has 0 radical (unpaired) electrons. The highest BCUT2D eigenvalue weighted by Gasteiger charge is 2.30. The third-order valence-corrected chi connectivity index (χ3v) is 8.07. The van der Waals surface area contributed by atoms with Crippen molar-refractivity contribution < 1.29 is 24.5 Å². The number of carbonyl (C=O) groups is 2. The van der Waals surface area contributed by atoms with Gasteiger partial charge in [0.15, 0.2) is 0 Å². The molecule has 0 saturated heterocycles. The Morgan fingerprint density at radius 3 is 1.40 bits per heavy atom. The predicted octanol–water partition coefficient (Wildman–Crippen LogP) is 9.24. The standard InChI is InChI=1S/C29H38N6O4.C19H22N6.2ClH.H2O/c1-8-17-31-24-22(20-32-25(34-24)33-23-15-13-21(19-30)14-16-23)12-10-9-11-18-35(26(36)38-28(2,3)4)27(37)39-29(5,6)7;1-2-12-22-18-16(6-4-3-5-11-20)14-23-19(25-18)24-17-9-7-15(13-21)8-10-17;;;/h13-16,20H,8-9,11,17-18H2,1-7H3,(H2,31,32,33,34);7-10,14H,2-3,5,11-12,20H2,1H3,(H2,22,23,24,25);2*1H;1H2. The minimum Gasteiger partial charge on any atom is -0.443 e. The zero-order valence-corrected chi connectivity index (χ0v) is 41.1. The zero-order valence-electron chi connectivity index (χ0n) is 39.5. The Kier molecular flexibility index (Phi) is 27.9. The maximum Gasteiger partial charge on any atom is 0.419 e. The molecule has 2 heterocycles. The van der Waals surface area contributed by atoms with Gasteiger partial charge in [-0.25, -0.2) is 24.5 Å². The fourth-order valence-corrected chi connectivity index (χ4v) is 5.06. The number of hydrogen-bond acceptors (Lipinski definition) is 15. The third-order valence-electron chi connectivity index (χ3n) is 8.07. The van der Waals surface area contributed by atoms with Crippen molar-refractivity contribution in [2.24, 2.45) is 5.73 Å². The van der Waals surface area contributed by atoms with Crippen LogP contribution in [0.5, 0.6) is 0 Å². The smallest absolute Gasteiger partial charge is 0.419 e. The Balaban J connectivity index is 0.00000135. The van der Waals surface area contributed by atoms with E-state index in [1.165, 1.54) is 0 Å². The van der Waals surface area contributed by atoms with Gasteiger partial charge in [0.1, 0.15) is 22.8 Å². The highest BCUT2D eigenvalue weighted by Crippen LogP contribution is 2.20. The maximum absolute atomic E-state index is 12.6. The number of benzene rings is 2. The van der Waals surface area contributed by atoms with Crippen LogP contribution < -0.4 is 27.0 Å². The topological polar surface area (TPSA) is 261 Å². The lowest BCUT2D eigenvalue weighted by Crippen LogP contribution is -2.44. The van der Waals surface area contributed by atoms with Crippen LogP contribution in [-0.2, 0) is 9.47 Å². The SMILES string of the molecule is CCCNc1nc(Nc2ccc(C#N)cc2)ncc1C#CCCCN.CCCNc1nc(Nc2ccc(C#N)cc2)ncc1C#CCCCN(C(=O)OC(C)(C)C)C(=O)OC(C)(C)C.Cl.Cl.O. The number of unbranched alkanes of at least 4 members (excludes halogenated alkanes) is 2. The van der Waals surface area contributed by atoms with Crippen molar-refractivity contribution in [3.8, 4) is 35.8 Å². The van der Waals surface area contributed by atoms with E-state index in [-0.39, 0.29) is 36.8 Å². The van der Waals surface area contributed by atoms with Gasteiger partial charge in [-0.3, -0.25) is 0 Å². The summed E-state index contributed by atoms with van der Waals surface area (Å²) in [6, 6.07) is 18.3. The van der Waals surface area contributed by atoms with E-state index in [4.69, 9.17) is 25.7 Å². The molecule has 2 aromatic carbocycles. The Hall–Kier alpha value is -6.86. The fourth-order valence-electron chi connectivity index (χ4n) is 5.06. The van der Waals surface area contributed by atoms with E-state index in [1.54, 1.807) is 90.3 Å². The van der Waals surface area contributed by atoms with Crippen molar-refractivity contribution in [3.05, 3.63) is 83.2 Å². The number of rotatable bonds is 15. The summed E-state index contributed by atoms with van der Waals surface area (Å²) >= 11 is 0. The molecule has 67 heavy (non-hydrogen) atoms. The molecule has 0 bridgehead atoms. The van der Waals surface area contributed by atoms with E-state index >= 15 is 0 Å². The molecule has 0 aliphatic heterocycles. The Bertz CT molecular complexity index is 2330. The van der Waals surface area contributed by atoms with Crippen molar-refractivity contribution in [2.75, 3.05) is 47.4 Å². The Morgan fingerprint density at radius 2 is 1.06 bits per heavy atom. The number of hydrogen-bond donors (Lipinski definition) is 5. The molecule has 2 aromatic heterocycles. The number of ether oxygens (including phenoxy) is 2. The molecule has 2 amide bonds. The molecule has 360 valence electrons. The molecule has 0 spiro atoms. The van der Waals surface area contributed by atoms with Gasteiger partial charge in [-0.1, -0.05) is 37.5 Å². The van der Waals surface area contributed by atoms with Crippen molar-refractivity contribution in [2.45, 2.75) is 105 Å². The third kappa shape index (κ3) is 23.2. The molecular weight excluding hydrogens is 896 g/mol. The van der Waals surface area contributed by atoms with Gasteiger partial charge in [0.05, 0.1) is 46.8 Å². The summed E-state index contributed by atoms with van der Waals surface area (Å²) in [5, 5.41) is 30.6. The number of nitrogens with one attached hydrogen (secondary N) is 4. The predicted molar refractivity (Wildman–Crippen MR) is 269 cm³/mol. The number of aromatic nitrogens is 4. The molecule has 0 unspecified atom stereocenters. The Labute approximate surface area is 407 Å². The summed E-state index contributed by atoms with van der Waals surface area (Å²) in [5.74, 6) is 14.6. The van der Waals surface area contributed by atoms with Crippen LogP contribution in [0.3, 0.4) is 0 Å². The first kappa shape index (κ1) is 60.1. The van der Waals surface area contributed by atoms with E-state index < -0.39 is 23.4 Å². The van der Waals surface area contributed by atoms with Gasteiger partial charge < -0.3 is 42.0 Å². The van der Waals surface area contributed by atoms with Crippen LogP contribution in [0.25, 0.3) is 0 Å². The highest BCUT2D eigenvalue weighted by molar-refractivity contribution is 5.88. The monoisotopic (exact) mass is 958 g/mol. The maximum atomic E-state index is 12.6. The van der Waals surface area contributed by atoms with Gasteiger partial charge in [0.2, 0.25) is 11.9 Å². The molecule has 0 fully saturated rings. The molecule has 0 aliphatic carbocycles. The lowest BCUT2D eigenvalue weighted by molar-refractivity contribution is 0.00134. The number of nitrogens with two attached hydrogens (primary N) is 1. The van der Waals surface area contributed by atoms with Crippen molar-refractivity contribution in [1.82, 2.24) is 24.8 Å². The lowest BCUT2D eigenvalue weighted by Gasteiger charge is -2.28. The summed E-state index contributed by atoms with van der Waals surface area (Å²) < 4.78 is 10.8. The van der Waals surface area contributed by atoms with E-state index in [0.717, 1.165) is 54.1 Å². The van der Waals surface area contributed by atoms with Gasteiger partial charge >= 0.3 is 12.2 Å². The average Bonchev–Trinajstić information content (AvgIpc) is 3.25. The minimum absolute atomic E-state index is 0. The van der Waals surface area contributed by atoms with E-state index in [0.29, 0.717) is 66.2 Å². The van der Waals surface area contributed by atoms with Gasteiger partial charge in [-0.15, -0.1) is 24.8 Å². The number of anilines is 6. The first-order valence-electron chi connectivity index (χ1n) is 21.3. The summed E-state index contributed by atoms with van der Waals surface area (Å²) in [7, 11) is 0. The minimum atomic E-state index is -0.755. The van der Waals surface area contributed by atoms with E-state index in [1.807, 2.05) is 12.1 Å². The fraction of sp³-hybridized carbons (Fsp3) is 0.417. The van der Waals surface area contributed by atoms with Gasteiger partial charge in [-0.05, 0) is 122 Å². The molecule has 0 aliphatic rings. The number of nitrogens with zero attached hydrogens (tertiary/aromatic N) is 7. The van der Waals surface area contributed by atoms with Crippen LogP contribution in [0.2, 0.25) is 0 Å². The summed E-state index contributed by atoms with van der Waals surface area (Å²) in [6.45, 7) is 16.8. The van der Waals surface area contributed by atoms with Crippen molar-refractivity contribution in [3.63, 3.8) is 0 Å². The van der Waals surface area contributed by atoms with E-state index in [9.17, 15) is 9.59 Å². The molecular formula is C48H64Cl2N12O5. The van der Waals surface area contributed by atoms with Gasteiger partial charge in [0.25, 0.3) is 0 Å². The molecule has 0 saturated carbocycles. The largest absolute Gasteiger partial charge is 0.443 e. The number of nitriles is 2. The second-order valence-corrected chi connectivity index (χ2v) is 16.1. The van der Waals surface area contributed by atoms with Crippen LogP contribution in [0.1, 0.15) is 116 Å². The normalized spacial score (nSPS) is 9.96. The van der Waals surface area contributed by atoms with Gasteiger partial charge in [0, 0.05) is 43.9 Å². The molecule has 17 nitrogen and oxygen atoms in total. The van der Waals surface area contributed by atoms with Gasteiger partial charge in [-0.2, -0.15) is 20.5 Å². The second-order valence-electron chi connectivity index (χ2n) is 16.1. The van der Waals surface area contributed by atoms with Crippen molar-refractivity contribution >= 4 is 71.9 Å². The van der Waals surface area contributed by atoms with Crippen LogP contribution >= 0.6 is 24.8 Å². The zero-order chi connectivity index (χ0) is 47.0. The quantitative estimate of drug-likeness (QED) is 0.0549. The summed E-state index contributed by atoms with van der Waals surface area (Å²) in [5.41, 5.74) is 8.15. The number of amides is 2. The summed E-state index contributed by atoms with van der Waals surface area (Å²) in [6.07, 6.45) is 6.22. The second kappa shape index (κ2) is 31.1. The Morgan fingerprint density at radius 1 is 0.672 bits per heavy atom. The first-order valence-corrected chi connectivity index (χ1v) is 21.3.